The van der Waals surface area contributed by atoms with Crippen molar-refractivity contribution in [1.29, 1.82) is 0 Å². The number of hydrogen-bond donors (Lipinski definition) is 0. The lowest BCUT2D eigenvalue weighted by Crippen LogP contribution is -2.48. The number of rotatable bonds is 3. The van der Waals surface area contributed by atoms with Crippen LogP contribution in [0.25, 0.3) is 11.0 Å². The Labute approximate surface area is 134 Å². The molecule has 1 aliphatic rings. The van der Waals surface area contributed by atoms with Crippen LogP contribution in [0, 0.1) is 5.82 Å². The van der Waals surface area contributed by atoms with Crippen LogP contribution in [0.15, 0.2) is 42.6 Å². The monoisotopic (exact) mass is 310 g/mol. The fraction of sp³-hybridized carbons (Fsp3) is 0.333. The van der Waals surface area contributed by atoms with Gasteiger partial charge in [-0.15, -0.1) is 0 Å². The van der Waals surface area contributed by atoms with E-state index in [1.807, 2.05) is 6.07 Å². The first kappa shape index (κ1) is 14.2. The van der Waals surface area contributed by atoms with Gasteiger partial charge in [0.15, 0.2) is 0 Å². The van der Waals surface area contributed by atoms with Gasteiger partial charge in [-0.05, 0) is 24.3 Å². The summed E-state index contributed by atoms with van der Waals surface area (Å²) >= 11 is 0. The van der Waals surface area contributed by atoms with Gasteiger partial charge in [0.1, 0.15) is 17.5 Å². The summed E-state index contributed by atoms with van der Waals surface area (Å²) in [4.78, 5) is 11.1. The van der Waals surface area contributed by atoms with E-state index in [0.29, 0.717) is 12.0 Å². The summed E-state index contributed by atoms with van der Waals surface area (Å²) < 4.78 is 15.4. The Hall–Kier alpha value is -2.43. The Balaban J connectivity index is 1.64. The highest BCUT2D eigenvalue weighted by Gasteiger charge is 2.32. The summed E-state index contributed by atoms with van der Waals surface area (Å²) in [5.41, 5.74) is 2.24. The van der Waals surface area contributed by atoms with E-state index in [4.69, 9.17) is 4.98 Å². The molecule has 1 saturated heterocycles. The molecule has 0 amide bonds. The smallest absolute Gasteiger partial charge is 0.141 e. The zero-order valence-corrected chi connectivity index (χ0v) is 13.3. The molecule has 1 aromatic carbocycles. The average Bonchev–Trinajstić information content (AvgIpc) is 2.88. The van der Waals surface area contributed by atoms with Gasteiger partial charge in [-0.1, -0.05) is 26.0 Å². The molecule has 3 aromatic rings. The van der Waals surface area contributed by atoms with E-state index in [1.165, 1.54) is 17.8 Å². The lowest BCUT2D eigenvalue weighted by molar-refractivity contribution is 0.390. The Morgan fingerprint density at radius 3 is 2.61 bits per heavy atom. The fourth-order valence-corrected chi connectivity index (χ4v) is 3.21. The molecule has 0 bridgehead atoms. The van der Waals surface area contributed by atoms with Crippen LogP contribution in [0.2, 0.25) is 0 Å². The van der Waals surface area contributed by atoms with Gasteiger partial charge in [-0.25, -0.2) is 14.4 Å². The maximum absolute atomic E-state index is 13.0. The van der Waals surface area contributed by atoms with Crippen molar-refractivity contribution in [2.45, 2.75) is 25.8 Å². The molecule has 0 aliphatic carbocycles. The summed E-state index contributed by atoms with van der Waals surface area (Å²) in [7, 11) is 0. The molecule has 1 aliphatic heterocycles. The number of fused-ring (bicyclic) bond motifs is 1. The van der Waals surface area contributed by atoms with Gasteiger partial charge in [-0.2, -0.15) is 0 Å². The number of anilines is 1. The van der Waals surface area contributed by atoms with Crippen LogP contribution in [0.1, 0.15) is 31.6 Å². The lowest BCUT2D eigenvalue weighted by Gasteiger charge is -2.41. The van der Waals surface area contributed by atoms with Gasteiger partial charge in [0.05, 0.1) is 23.3 Å². The second-order valence-corrected chi connectivity index (χ2v) is 6.38. The topological polar surface area (TPSA) is 34.0 Å². The quantitative estimate of drug-likeness (QED) is 0.739. The number of pyridine rings is 1. The Morgan fingerprint density at radius 1 is 1.13 bits per heavy atom. The molecule has 4 rings (SSSR count). The second kappa shape index (κ2) is 5.33. The van der Waals surface area contributed by atoms with E-state index in [1.54, 1.807) is 6.07 Å². The predicted molar refractivity (Wildman–Crippen MR) is 89.3 cm³/mol. The largest absolute Gasteiger partial charge is 0.352 e. The van der Waals surface area contributed by atoms with Crippen molar-refractivity contribution in [3.05, 3.63) is 54.2 Å². The number of benzene rings is 1. The molecule has 0 saturated carbocycles. The molecule has 118 valence electrons. The summed E-state index contributed by atoms with van der Waals surface area (Å²) in [6.07, 6.45) is 1.27. The average molecular weight is 310 g/mol. The lowest BCUT2D eigenvalue weighted by atomic mass is 10.1. The molecule has 2 aromatic heterocycles. The standard InChI is InChI=1S/C18H19FN4/c1-12(2)18-21-15-5-3-4-6-16(15)23(18)14-10-22(11-14)17-8-7-13(19)9-20-17/h3-9,12,14H,10-11H2,1-2H3. The van der Waals surface area contributed by atoms with Crippen LogP contribution in [0.3, 0.4) is 0 Å². The van der Waals surface area contributed by atoms with Crippen LogP contribution in [0.5, 0.6) is 0 Å². The normalized spacial score (nSPS) is 15.4. The third kappa shape index (κ3) is 2.36. The van der Waals surface area contributed by atoms with Crippen LogP contribution in [-0.4, -0.2) is 27.6 Å². The maximum Gasteiger partial charge on any atom is 0.141 e. The number of para-hydroxylation sites is 2. The van der Waals surface area contributed by atoms with Gasteiger partial charge in [0.25, 0.3) is 0 Å². The number of hydrogen-bond acceptors (Lipinski definition) is 3. The summed E-state index contributed by atoms with van der Waals surface area (Å²) in [6, 6.07) is 11.9. The minimum Gasteiger partial charge on any atom is -0.352 e. The fourth-order valence-electron chi connectivity index (χ4n) is 3.21. The molecule has 0 radical (unpaired) electrons. The third-order valence-corrected chi connectivity index (χ3v) is 4.40. The summed E-state index contributed by atoms with van der Waals surface area (Å²) in [6.45, 7) is 6.10. The Bertz CT molecular complexity index is 832. The number of imidazole rings is 1. The first-order chi connectivity index (χ1) is 11.1. The highest BCUT2D eigenvalue weighted by atomic mass is 19.1. The van der Waals surface area contributed by atoms with E-state index < -0.39 is 0 Å². The van der Waals surface area contributed by atoms with E-state index in [2.05, 4.69) is 46.5 Å². The van der Waals surface area contributed by atoms with E-state index >= 15 is 0 Å². The van der Waals surface area contributed by atoms with E-state index in [9.17, 15) is 4.39 Å². The molecule has 0 N–H and O–H groups in total. The number of halogens is 1. The molecular formula is C18H19FN4. The van der Waals surface area contributed by atoms with Crippen molar-refractivity contribution in [2.75, 3.05) is 18.0 Å². The molecule has 5 heteroatoms. The predicted octanol–water partition coefficient (Wildman–Crippen LogP) is 3.76. The highest BCUT2D eigenvalue weighted by molar-refractivity contribution is 5.76. The molecular weight excluding hydrogens is 291 g/mol. The number of aromatic nitrogens is 3. The first-order valence-corrected chi connectivity index (χ1v) is 7.97. The van der Waals surface area contributed by atoms with Crippen LogP contribution < -0.4 is 4.90 Å². The minimum atomic E-state index is -0.298. The highest BCUT2D eigenvalue weighted by Crippen LogP contribution is 2.32. The van der Waals surface area contributed by atoms with Crippen LogP contribution >= 0.6 is 0 Å². The van der Waals surface area contributed by atoms with E-state index in [-0.39, 0.29) is 5.82 Å². The minimum absolute atomic E-state index is 0.298. The van der Waals surface area contributed by atoms with Crippen LogP contribution in [0.4, 0.5) is 10.2 Å². The molecule has 0 atom stereocenters. The molecule has 3 heterocycles. The SMILES string of the molecule is CC(C)c1nc2ccccc2n1C1CN(c2ccc(F)cn2)C1. The Kier molecular flexibility index (Phi) is 3.29. The van der Waals surface area contributed by atoms with Crippen molar-refractivity contribution in [3.8, 4) is 0 Å². The first-order valence-electron chi connectivity index (χ1n) is 7.97. The van der Waals surface area contributed by atoms with Gasteiger partial charge in [0, 0.05) is 19.0 Å². The van der Waals surface area contributed by atoms with Crippen molar-refractivity contribution in [3.63, 3.8) is 0 Å². The maximum atomic E-state index is 13.0. The summed E-state index contributed by atoms with van der Waals surface area (Å²) in [5, 5.41) is 0. The van der Waals surface area contributed by atoms with Gasteiger partial charge < -0.3 is 9.47 Å². The zero-order chi connectivity index (χ0) is 16.0. The molecule has 4 nitrogen and oxygen atoms in total. The molecule has 0 unspecified atom stereocenters. The van der Waals surface area contributed by atoms with Crippen molar-refractivity contribution in [2.24, 2.45) is 0 Å². The van der Waals surface area contributed by atoms with Crippen molar-refractivity contribution in [1.82, 2.24) is 14.5 Å². The molecule has 0 spiro atoms. The van der Waals surface area contributed by atoms with Gasteiger partial charge in [-0.3, -0.25) is 0 Å². The number of nitrogens with zero attached hydrogens (tertiary/aromatic N) is 4. The summed E-state index contributed by atoms with van der Waals surface area (Å²) in [5.74, 6) is 2.04. The van der Waals surface area contributed by atoms with E-state index in [0.717, 1.165) is 30.2 Å². The zero-order valence-electron chi connectivity index (χ0n) is 13.3. The van der Waals surface area contributed by atoms with Crippen molar-refractivity contribution >= 4 is 16.9 Å². The second-order valence-electron chi connectivity index (χ2n) is 6.38. The Morgan fingerprint density at radius 2 is 1.91 bits per heavy atom. The third-order valence-electron chi connectivity index (χ3n) is 4.40. The molecule has 23 heavy (non-hydrogen) atoms. The van der Waals surface area contributed by atoms with Crippen molar-refractivity contribution < 1.29 is 4.39 Å². The van der Waals surface area contributed by atoms with Gasteiger partial charge >= 0.3 is 0 Å². The van der Waals surface area contributed by atoms with Crippen LogP contribution in [-0.2, 0) is 0 Å². The van der Waals surface area contributed by atoms with Gasteiger partial charge in [0.2, 0.25) is 0 Å². The molecule has 1 fully saturated rings.